The second-order valence-electron chi connectivity index (χ2n) is 6.45. The highest BCUT2D eigenvalue weighted by molar-refractivity contribution is 6.08. The number of hydrogen-bond donors (Lipinski definition) is 0. The molecule has 0 aliphatic heterocycles. The van der Waals surface area contributed by atoms with E-state index in [9.17, 15) is 4.79 Å². The smallest absolute Gasteiger partial charge is 0.193 e. The van der Waals surface area contributed by atoms with Crippen LogP contribution in [0.4, 0.5) is 5.69 Å². The average molecular weight is 329 g/mol. The van der Waals surface area contributed by atoms with E-state index in [0.717, 1.165) is 24.0 Å². The summed E-state index contributed by atoms with van der Waals surface area (Å²) >= 11 is 0. The zero-order chi connectivity index (χ0) is 17.6. The van der Waals surface area contributed by atoms with Gasteiger partial charge in [-0.3, -0.25) is 4.79 Å². The number of aryl methyl sites for hydroxylation is 2. The van der Waals surface area contributed by atoms with Crippen LogP contribution in [-0.2, 0) is 12.8 Å². The van der Waals surface area contributed by atoms with Gasteiger partial charge < -0.3 is 4.90 Å². The van der Waals surface area contributed by atoms with Gasteiger partial charge >= 0.3 is 0 Å². The first-order valence-electron chi connectivity index (χ1n) is 8.58. The Morgan fingerprint density at radius 1 is 0.680 bits per heavy atom. The molecule has 3 aromatic carbocycles. The molecule has 0 aliphatic rings. The van der Waals surface area contributed by atoms with Gasteiger partial charge in [0.2, 0.25) is 0 Å². The van der Waals surface area contributed by atoms with E-state index < -0.39 is 0 Å². The van der Waals surface area contributed by atoms with Crippen molar-refractivity contribution in [1.29, 1.82) is 0 Å². The van der Waals surface area contributed by atoms with Crippen molar-refractivity contribution in [1.82, 2.24) is 0 Å². The number of carbonyl (C=O) groups excluding carboxylic acids is 1. The molecule has 126 valence electrons. The van der Waals surface area contributed by atoms with Crippen molar-refractivity contribution in [2.45, 2.75) is 12.8 Å². The second kappa shape index (κ2) is 7.80. The Morgan fingerprint density at radius 2 is 1.16 bits per heavy atom. The molecule has 0 unspecified atom stereocenters. The predicted octanol–water partition coefficient (Wildman–Crippen LogP) is 4.77. The van der Waals surface area contributed by atoms with Gasteiger partial charge in [-0.1, -0.05) is 66.7 Å². The maximum Gasteiger partial charge on any atom is 0.193 e. The zero-order valence-electron chi connectivity index (χ0n) is 14.8. The molecule has 0 spiro atoms. The minimum Gasteiger partial charge on any atom is -0.378 e. The Balaban J connectivity index is 1.62. The molecule has 0 fully saturated rings. The molecule has 0 N–H and O–H groups in total. The highest BCUT2D eigenvalue weighted by atomic mass is 16.1. The Morgan fingerprint density at radius 3 is 1.68 bits per heavy atom. The van der Waals surface area contributed by atoms with Crippen LogP contribution in [0.2, 0.25) is 0 Å². The minimum absolute atomic E-state index is 0.0754. The summed E-state index contributed by atoms with van der Waals surface area (Å²) in [7, 11) is 4.10. The summed E-state index contributed by atoms with van der Waals surface area (Å²) in [5, 5.41) is 0. The highest BCUT2D eigenvalue weighted by Crippen LogP contribution is 2.15. The van der Waals surface area contributed by atoms with Gasteiger partial charge in [-0.2, -0.15) is 0 Å². The topological polar surface area (TPSA) is 20.3 Å². The average Bonchev–Trinajstić information content (AvgIpc) is 2.67. The molecular formula is C23H23NO. The number of rotatable bonds is 6. The number of hydrogen-bond acceptors (Lipinski definition) is 2. The van der Waals surface area contributed by atoms with Crippen LogP contribution in [0.3, 0.4) is 0 Å². The number of carbonyl (C=O) groups is 1. The van der Waals surface area contributed by atoms with Crippen molar-refractivity contribution < 1.29 is 4.79 Å². The van der Waals surface area contributed by atoms with Crippen LogP contribution in [0, 0.1) is 0 Å². The fraction of sp³-hybridized carbons (Fsp3) is 0.174. The van der Waals surface area contributed by atoms with Gasteiger partial charge in [-0.25, -0.2) is 0 Å². The van der Waals surface area contributed by atoms with Crippen molar-refractivity contribution in [2.75, 3.05) is 19.0 Å². The molecule has 0 bridgehead atoms. The molecule has 3 rings (SSSR count). The van der Waals surface area contributed by atoms with E-state index in [1.807, 2.05) is 56.6 Å². The van der Waals surface area contributed by atoms with Gasteiger partial charge in [-0.05, 0) is 36.1 Å². The van der Waals surface area contributed by atoms with Gasteiger partial charge in [-0.15, -0.1) is 0 Å². The third kappa shape index (κ3) is 4.36. The van der Waals surface area contributed by atoms with Crippen molar-refractivity contribution in [3.8, 4) is 0 Å². The molecule has 0 saturated carbocycles. The molecule has 3 aromatic rings. The first-order chi connectivity index (χ1) is 12.1. The first kappa shape index (κ1) is 17.0. The molecule has 2 nitrogen and oxygen atoms in total. The summed E-state index contributed by atoms with van der Waals surface area (Å²) in [6, 6.07) is 26.1. The van der Waals surface area contributed by atoms with Crippen LogP contribution in [0.15, 0.2) is 78.9 Å². The molecule has 0 amide bonds. The summed E-state index contributed by atoms with van der Waals surface area (Å²) in [6.45, 7) is 0. The molecule has 2 heteroatoms. The van der Waals surface area contributed by atoms with Crippen LogP contribution in [-0.4, -0.2) is 19.9 Å². The number of ketones is 1. The molecule has 25 heavy (non-hydrogen) atoms. The SMILES string of the molecule is CN(C)c1ccc(CCc2ccc(C(=O)c3ccccc3)cc2)cc1. The van der Waals surface area contributed by atoms with E-state index in [1.54, 1.807) is 0 Å². The van der Waals surface area contributed by atoms with Crippen molar-refractivity contribution in [3.05, 3.63) is 101 Å². The second-order valence-corrected chi connectivity index (χ2v) is 6.45. The summed E-state index contributed by atoms with van der Waals surface area (Å²) in [5.41, 5.74) is 5.27. The van der Waals surface area contributed by atoms with Crippen molar-refractivity contribution in [2.24, 2.45) is 0 Å². The normalized spacial score (nSPS) is 10.5. The summed E-state index contributed by atoms with van der Waals surface area (Å²) in [6.07, 6.45) is 1.97. The Labute approximate surface area is 149 Å². The Hall–Kier alpha value is -2.87. The molecule has 0 heterocycles. The maximum atomic E-state index is 12.4. The number of anilines is 1. The lowest BCUT2D eigenvalue weighted by Gasteiger charge is -2.12. The molecular weight excluding hydrogens is 306 g/mol. The van der Waals surface area contributed by atoms with Crippen molar-refractivity contribution in [3.63, 3.8) is 0 Å². The van der Waals surface area contributed by atoms with Crippen LogP contribution >= 0.6 is 0 Å². The van der Waals surface area contributed by atoms with E-state index in [-0.39, 0.29) is 5.78 Å². The molecule has 0 saturated heterocycles. The van der Waals surface area contributed by atoms with E-state index in [4.69, 9.17) is 0 Å². The number of nitrogens with zero attached hydrogens (tertiary/aromatic N) is 1. The molecule has 0 atom stereocenters. The van der Waals surface area contributed by atoms with E-state index in [1.165, 1.54) is 16.8 Å². The van der Waals surface area contributed by atoms with Crippen LogP contribution in [0.1, 0.15) is 27.0 Å². The molecule has 0 aliphatic carbocycles. The fourth-order valence-corrected chi connectivity index (χ4v) is 2.83. The third-order valence-corrected chi connectivity index (χ3v) is 4.41. The first-order valence-corrected chi connectivity index (χ1v) is 8.58. The van der Waals surface area contributed by atoms with Gasteiger partial charge in [0.25, 0.3) is 0 Å². The number of benzene rings is 3. The van der Waals surface area contributed by atoms with E-state index in [0.29, 0.717) is 0 Å². The summed E-state index contributed by atoms with van der Waals surface area (Å²) in [5.74, 6) is 0.0754. The Bertz CT molecular complexity index is 818. The monoisotopic (exact) mass is 329 g/mol. The van der Waals surface area contributed by atoms with Crippen LogP contribution in [0.25, 0.3) is 0 Å². The lowest BCUT2D eigenvalue weighted by atomic mass is 9.99. The van der Waals surface area contributed by atoms with Crippen LogP contribution in [0.5, 0.6) is 0 Å². The largest absolute Gasteiger partial charge is 0.378 e. The standard InChI is InChI=1S/C23H23NO/c1-24(2)22-16-12-19(13-17-22)9-8-18-10-14-21(15-11-18)23(25)20-6-4-3-5-7-20/h3-7,10-17H,8-9H2,1-2H3. The summed E-state index contributed by atoms with van der Waals surface area (Å²) < 4.78 is 0. The minimum atomic E-state index is 0.0754. The lowest BCUT2D eigenvalue weighted by molar-refractivity contribution is 0.103. The molecule has 0 radical (unpaired) electrons. The Kier molecular flexibility index (Phi) is 5.30. The summed E-state index contributed by atoms with van der Waals surface area (Å²) in [4.78, 5) is 14.5. The van der Waals surface area contributed by atoms with Crippen LogP contribution < -0.4 is 4.90 Å². The highest BCUT2D eigenvalue weighted by Gasteiger charge is 2.08. The van der Waals surface area contributed by atoms with Crippen molar-refractivity contribution >= 4 is 11.5 Å². The molecule has 0 aromatic heterocycles. The van der Waals surface area contributed by atoms with Gasteiger partial charge in [0.1, 0.15) is 0 Å². The van der Waals surface area contributed by atoms with E-state index in [2.05, 4.69) is 41.3 Å². The fourth-order valence-electron chi connectivity index (χ4n) is 2.83. The van der Waals surface area contributed by atoms with Gasteiger partial charge in [0.05, 0.1) is 0 Å². The maximum absolute atomic E-state index is 12.4. The lowest BCUT2D eigenvalue weighted by Crippen LogP contribution is -2.08. The zero-order valence-corrected chi connectivity index (χ0v) is 14.8. The third-order valence-electron chi connectivity index (χ3n) is 4.41. The quantitative estimate of drug-likeness (QED) is 0.607. The predicted molar refractivity (Wildman–Crippen MR) is 104 cm³/mol. The van der Waals surface area contributed by atoms with Gasteiger partial charge in [0, 0.05) is 30.9 Å². The van der Waals surface area contributed by atoms with Gasteiger partial charge in [0.15, 0.2) is 5.78 Å². The van der Waals surface area contributed by atoms with E-state index >= 15 is 0 Å².